The molecule has 0 spiro atoms. The molecular formula is C20H43FN2. The van der Waals surface area contributed by atoms with Crippen LogP contribution in [0.15, 0.2) is 12.2 Å². The van der Waals surface area contributed by atoms with Gasteiger partial charge in [0.05, 0.1) is 0 Å². The molecule has 0 aromatic carbocycles. The van der Waals surface area contributed by atoms with Crippen molar-refractivity contribution in [3.63, 3.8) is 0 Å². The number of halogens is 1. The molecule has 0 fully saturated rings. The number of nitrogens with one attached hydrogen (secondary N) is 1. The Balaban J connectivity index is 0. The second kappa shape index (κ2) is 23.9. The molecule has 0 saturated heterocycles. The largest absolute Gasteiger partial charge is 0.330 e. The van der Waals surface area contributed by atoms with E-state index in [4.69, 9.17) is 5.73 Å². The van der Waals surface area contributed by atoms with Crippen LogP contribution in [0.1, 0.15) is 96.8 Å². The molecule has 2 nitrogen and oxygen atoms in total. The van der Waals surface area contributed by atoms with Gasteiger partial charge in [0.1, 0.15) is 0 Å². The maximum absolute atomic E-state index is 5.49. The van der Waals surface area contributed by atoms with Crippen molar-refractivity contribution < 1.29 is 4.70 Å². The van der Waals surface area contributed by atoms with Crippen LogP contribution in [0.2, 0.25) is 0 Å². The average Bonchev–Trinajstić information content (AvgIpc) is 2.54. The van der Waals surface area contributed by atoms with Crippen LogP contribution in [0.5, 0.6) is 0 Å². The van der Waals surface area contributed by atoms with Gasteiger partial charge in [0.2, 0.25) is 0 Å². The quantitative estimate of drug-likeness (QED) is 0.249. The van der Waals surface area contributed by atoms with E-state index in [2.05, 4.69) is 24.4 Å². The molecule has 0 aliphatic rings. The Morgan fingerprint density at radius 1 is 0.652 bits per heavy atom. The molecular weight excluding hydrogens is 287 g/mol. The zero-order valence-electron chi connectivity index (χ0n) is 15.7. The fourth-order valence-corrected chi connectivity index (χ4v) is 2.75. The average molecular weight is 331 g/mol. The maximum Gasteiger partial charge on any atom is -0.00490 e. The standard InChI is InChI=1S/C20H42N2.FH/c1-2-22-20-18-16-14-12-10-8-6-4-3-5-7-9-11-13-15-17-19-21;/h3-4,22H,2,5-21H2,1H3;1H/b4-3-;. The third kappa shape index (κ3) is 24.0. The van der Waals surface area contributed by atoms with Crippen LogP contribution in [0.3, 0.4) is 0 Å². The summed E-state index contributed by atoms with van der Waals surface area (Å²) in [5, 5.41) is 3.39. The van der Waals surface area contributed by atoms with E-state index < -0.39 is 0 Å². The van der Waals surface area contributed by atoms with Crippen LogP contribution < -0.4 is 11.1 Å². The monoisotopic (exact) mass is 330 g/mol. The van der Waals surface area contributed by atoms with Crippen molar-refractivity contribution in [2.45, 2.75) is 96.8 Å². The molecule has 0 unspecified atom stereocenters. The lowest BCUT2D eigenvalue weighted by Crippen LogP contribution is -2.13. The summed E-state index contributed by atoms with van der Waals surface area (Å²) in [6, 6.07) is 0. The van der Waals surface area contributed by atoms with Crippen molar-refractivity contribution in [1.29, 1.82) is 0 Å². The van der Waals surface area contributed by atoms with Gasteiger partial charge in [-0.05, 0) is 58.2 Å². The van der Waals surface area contributed by atoms with Crippen molar-refractivity contribution in [2.75, 3.05) is 19.6 Å². The number of hydrogen-bond acceptors (Lipinski definition) is 2. The third-order valence-electron chi connectivity index (χ3n) is 4.22. The molecule has 0 radical (unpaired) electrons. The highest BCUT2D eigenvalue weighted by Crippen LogP contribution is 2.09. The Bertz CT molecular complexity index is 220. The molecule has 3 N–H and O–H groups in total. The van der Waals surface area contributed by atoms with Crippen molar-refractivity contribution in [3.8, 4) is 0 Å². The van der Waals surface area contributed by atoms with Gasteiger partial charge >= 0.3 is 0 Å². The molecule has 0 bridgehead atoms. The molecule has 0 aliphatic heterocycles. The Morgan fingerprint density at radius 2 is 1.09 bits per heavy atom. The van der Waals surface area contributed by atoms with E-state index in [1.165, 1.54) is 96.4 Å². The van der Waals surface area contributed by atoms with Crippen LogP contribution in [-0.4, -0.2) is 19.6 Å². The number of nitrogens with two attached hydrogens (primary N) is 1. The normalized spacial score (nSPS) is 11.0. The first-order chi connectivity index (χ1) is 10.9. The summed E-state index contributed by atoms with van der Waals surface area (Å²) in [5.41, 5.74) is 5.49. The summed E-state index contributed by atoms with van der Waals surface area (Å²) in [5.74, 6) is 0. The third-order valence-corrected chi connectivity index (χ3v) is 4.22. The number of allylic oxidation sites excluding steroid dienone is 2. The first-order valence-electron chi connectivity index (χ1n) is 9.97. The van der Waals surface area contributed by atoms with E-state index in [0.29, 0.717) is 0 Å². The van der Waals surface area contributed by atoms with Gasteiger partial charge in [-0.1, -0.05) is 70.4 Å². The topological polar surface area (TPSA) is 38.0 Å². The Kier molecular flexibility index (Phi) is 25.8. The zero-order chi connectivity index (χ0) is 16.1. The van der Waals surface area contributed by atoms with E-state index in [9.17, 15) is 0 Å². The highest BCUT2D eigenvalue weighted by atomic mass is 19.0. The lowest BCUT2D eigenvalue weighted by molar-refractivity contribution is 0.573. The molecule has 140 valence electrons. The van der Waals surface area contributed by atoms with Crippen molar-refractivity contribution in [3.05, 3.63) is 12.2 Å². The van der Waals surface area contributed by atoms with E-state index in [0.717, 1.165) is 13.1 Å². The minimum atomic E-state index is 0. The number of rotatable bonds is 18. The summed E-state index contributed by atoms with van der Waals surface area (Å²) in [6.07, 6.45) is 23.8. The molecule has 0 rings (SSSR count). The van der Waals surface area contributed by atoms with Crippen LogP contribution in [0.25, 0.3) is 0 Å². The van der Waals surface area contributed by atoms with Gasteiger partial charge in [-0.15, -0.1) is 0 Å². The summed E-state index contributed by atoms with van der Waals surface area (Å²) in [4.78, 5) is 0. The summed E-state index contributed by atoms with van der Waals surface area (Å²) >= 11 is 0. The second-order valence-corrected chi connectivity index (χ2v) is 6.43. The van der Waals surface area contributed by atoms with Gasteiger partial charge in [0.25, 0.3) is 0 Å². The Morgan fingerprint density at radius 3 is 1.57 bits per heavy atom. The molecule has 0 amide bonds. The number of unbranched alkanes of at least 4 members (excludes halogenated alkanes) is 12. The predicted molar refractivity (Wildman–Crippen MR) is 104 cm³/mol. The first-order valence-corrected chi connectivity index (χ1v) is 9.97. The molecule has 0 heterocycles. The molecule has 23 heavy (non-hydrogen) atoms. The Labute approximate surface area is 145 Å². The van der Waals surface area contributed by atoms with E-state index in [-0.39, 0.29) is 4.70 Å². The van der Waals surface area contributed by atoms with Crippen LogP contribution in [0.4, 0.5) is 4.70 Å². The predicted octanol–water partition coefficient (Wildman–Crippen LogP) is 5.72. The highest BCUT2D eigenvalue weighted by molar-refractivity contribution is 4.81. The number of hydrogen-bond donors (Lipinski definition) is 2. The fraction of sp³-hybridized carbons (Fsp3) is 0.900. The molecule has 0 atom stereocenters. The van der Waals surface area contributed by atoms with E-state index in [1.807, 2.05) is 0 Å². The SMILES string of the molecule is CCNCCCCCCCC/C=C\CCCCCCCCN.F. The minimum Gasteiger partial charge on any atom is -0.330 e. The summed E-state index contributed by atoms with van der Waals surface area (Å²) in [7, 11) is 0. The summed E-state index contributed by atoms with van der Waals surface area (Å²) < 4.78 is 0. The minimum absolute atomic E-state index is 0. The van der Waals surface area contributed by atoms with Gasteiger partial charge in [0, 0.05) is 0 Å². The fourth-order valence-electron chi connectivity index (χ4n) is 2.75. The van der Waals surface area contributed by atoms with Gasteiger partial charge in [0.15, 0.2) is 0 Å². The van der Waals surface area contributed by atoms with Gasteiger partial charge in [-0.2, -0.15) is 0 Å². The zero-order valence-corrected chi connectivity index (χ0v) is 15.7. The maximum atomic E-state index is 5.49. The lowest BCUT2D eigenvalue weighted by atomic mass is 10.1. The van der Waals surface area contributed by atoms with E-state index in [1.54, 1.807) is 0 Å². The van der Waals surface area contributed by atoms with Gasteiger partial charge in [-0.3, -0.25) is 4.70 Å². The van der Waals surface area contributed by atoms with Gasteiger partial charge < -0.3 is 11.1 Å². The van der Waals surface area contributed by atoms with Crippen LogP contribution in [0, 0.1) is 0 Å². The van der Waals surface area contributed by atoms with Crippen LogP contribution >= 0.6 is 0 Å². The lowest BCUT2D eigenvalue weighted by Gasteiger charge is -2.02. The highest BCUT2D eigenvalue weighted by Gasteiger charge is 1.91. The smallest absolute Gasteiger partial charge is 0.00490 e. The summed E-state index contributed by atoms with van der Waals surface area (Å²) in [6.45, 7) is 5.35. The van der Waals surface area contributed by atoms with Crippen molar-refractivity contribution >= 4 is 0 Å². The van der Waals surface area contributed by atoms with Crippen LogP contribution in [-0.2, 0) is 0 Å². The molecule has 0 aliphatic carbocycles. The van der Waals surface area contributed by atoms with E-state index >= 15 is 0 Å². The molecule has 3 heteroatoms. The first kappa shape index (κ1) is 24.8. The van der Waals surface area contributed by atoms with Crippen molar-refractivity contribution in [1.82, 2.24) is 5.32 Å². The second-order valence-electron chi connectivity index (χ2n) is 6.43. The molecule has 0 aromatic rings. The van der Waals surface area contributed by atoms with Crippen molar-refractivity contribution in [2.24, 2.45) is 5.73 Å². The Hall–Kier alpha value is -0.410. The molecule has 0 aromatic heterocycles. The van der Waals surface area contributed by atoms with Gasteiger partial charge in [-0.25, -0.2) is 0 Å². The molecule has 0 saturated carbocycles.